The van der Waals surface area contributed by atoms with E-state index in [0.29, 0.717) is 0 Å². The standard InChI is InChI=1S/C2H7N.H2O3S/c1-2-3;1-4(2)3/h2-3H2,1H3;(H2,1,2,3)/p-1. The predicted molar refractivity (Wildman–Crippen MR) is 26.3 cm³/mol. The Balaban J connectivity index is 0. The Labute approximate surface area is 44.8 Å². The van der Waals surface area contributed by atoms with Crippen LogP contribution in [0.25, 0.3) is 0 Å². The highest BCUT2D eigenvalue weighted by molar-refractivity contribution is 7.73. The van der Waals surface area contributed by atoms with E-state index in [1.165, 1.54) is 0 Å². The Morgan fingerprint density at radius 1 is 2.00 bits per heavy atom. The minimum Gasteiger partial charge on any atom is -0.750 e. The van der Waals surface area contributed by atoms with Gasteiger partial charge in [0, 0.05) is 0 Å². The first-order valence-corrected chi connectivity index (χ1v) is 2.66. The monoisotopic (exact) mass is 126 g/mol. The lowest BCUT2D eigenvalue weighted by atomic mass is 10.8. The summed E-state index contributed by atoms with van der Waals surface area (Å²) in [5, 5.41) is 0. The second-order valence-corrected chi connectivity index (χ2v) is 1.06. The molecular formula is C2H8NO3S-. The van der Waals surface area contributed by atoms with Crippen LogP contribution in [0.4, 0.5) is 0 Å². The van der Waals surface area contributed by atoms with E-state index in [9.17, 15) is 0 Å². The second-order valence-electron chi connectivity index (χ2n) is 0.625. The van der Waals surface area contributed by atoms with E-state index < -0.39 is 11.4 Å². The maximum absolute atomic E-state index is 8.56. The third-order valence-electron chi connectivity index (χ3n) is 0. The molecule has 0 heterocycles. The molecule has 46 valence electrons. The minimum absolute atomic E-state index is 0.750. The fourth-order valence-corrected chi connectivity index (χ4v) is 0. The van der Waals surface area contributed by atoms with Gasteiger partial charge in [0.1, 0.15) is 0 Å². The molecular weight excluding hydrogens is 118 g/mol. The van der Waals surface area contributed by atoms with Gasteiger partial charge in [0.2, 0.25) is 0 Å². The van der Waals surface area contributed by atoms with Gasteiger partial charge in [-0.15, -0.1) is 0 Å². The summed E-state index contributed by atoms with van der Waals surface area (Å²) in [6.07, 6.45) is 0. The number of hydrogen-bond donors (Lipinski definition) is 2. The normalized spacial score (nSPS) is 11.4. The van der Waals surface area contributed by atoms with Crippen LogP contribution in [0, 0.1) is 0 Å². The third kappa shape index (κ3) is 109000. The molecule has 0 spiro atoms. The van der Waals surface area contributed by atoms with Gasteiger partial charge in [0.05, 0.1) is 11.4 Å². The van der Waals surface area contributed by atoms with Crippen molar-refractivity contribution in [3.63, 3.8) is 0 Å². The van der Waals surface area contributed by atoms with Gasteiger partial charge in [-0.3, -0.25) is 0 Å². The molecule has 1 unspecified atom stereocenters. The molecule has 0 fully saturated rings. The van der Waals surface area contributed by atoms with E-state index in [-0.39, 0.29) is 0 Å². The molecule has 0 amide bonds. The van der Waals surface area contributed by atoms with Crippen molar-refractivity contribution in [2.45, 2.75) is 6.92 Å². The average molecular weight is 126 g/mol. The lowest BCUT2D eigenvalue weighted by Gasteiger charge is -1.83. The molecule has 0 saturated carbocycles. The number of rotatable bonds is 0. The van der Waals surface area contributed by atoms with Crippen molar-refractivity contribution in [1.29, 1.82) is 0 Å². The highest BCUT2D eigenvalue weighted by Gasteiger charge is 1.42. The van der Waals surface area contributed by atoms with E-state index >= 15 is 0 Å². The summed E-state index contributed by atoms with van der Waals surface area (Å²) in [4.78, 5) is 0. The molecule has 0 rings (SSSR count). The molecule has 0 saturated heterocycles. The summed E-state index contributed by atoms with van der Waals surface area (Å²) >= 11 is -2.86. The first-order valence-electron chi connectivity index (χ1n) is 1.63. The van der Waals surface area contributed by atoms with Crippen LogP contribution in [0.15, 0.2) is 0 Å². The first kappa shape index (κ1) is 10.1. The molecule has 5 heteroatoms. The molecule has 0 aromatic carbocycles. The maximum atomic E-state index is 8.56. The van der Waals surface area contributed by atoms with Crippen molar-refractivity contribution in [3.05, 3.63) is 0 Å². The summed E-state index contributed by atoms with van der Waals surface area (Å²) in [6.45, 7) is 2.65. The summed E-state index contributed by atoms with van der Waals surface area (Å²) in [5.74, 6) is 0. The van der Waals surface area contributed by atoms with Crippen LogP contribution in [-0.4, -0.2) is 19.9 Å². The fourth-order valence-electron chi connectivity index (χ4n) is 0. The van der Waals surface area contributed by atoms with Gasteiger partial charge in [-0.2, -0.15) is 0 Å². The molecule has 7 heavy (non-hydrogen) atoms. The fraction of sp³-hybridized carbons (Fsp3) is 1.00. The molecule has 0 aromatic rings. The van der Waals surface area contributed by atoms with Gasteiger partial charge in [-0.1, -0.05) is 6.92 Å². The van der Waals surface area contributed by atoms with E-state index in [1.54, 1.807) is 0 Å². The Kier molecular flexibility index (Phi) is 13.6. The topological polar surface area (TPSA) is 86.4 Å². The van der Waals surface area contributed by atoms with Crippen molar-refractivity contribution in [2.24, 2.45) is 5.73 Å². The molecule has 0 radical (unpaired) electrons. The van der Waals surface area contributed by atoms with E-state index in [4.69, 9.17) is 19.0 Å². The number of hydrogen-bond acceptors (Lipinski definition) is 3. The third-order valence-corrected chi connectivity index (χ3v) is 0. The summed E-state index contributed by atoms with van der Waals surface area (Å²) in [6, 6.07) is 0. The van der Waals surface area contributed by atoms with Gasteiger partial charge in [0.25, 0.3) is 0 Å². The van der Waals surface area contributed by atoms with Crippen LogP contribution in [0.3, 0.4) is 0 Å². The lowest BCUT2D eigenvalue weighted by molar-refractivity contribution is 0.436. The van der Waals surface area contributed by atoms with Gasteiger partial charge in [-0.25, -0.2) is 4.21 Å². The summed E-state index contributed by atoms with van der Waals surface area (Å²) in [7, 11) is 0. The highest BCUT2D eigenvalue weighted by Crippen LogP contribution is 1.43. The molecule has 0 bridgehead atoms. The van der Waals surface area contributed by atoms with Crippen molar-refractivity contribution in [3.8, 4) is 0 Å². The molecule has 0 aliphatic carbocycles. The summed E-state index contributed by atoms with van der Waals surface area (Å²) in [5.41, 5.74) is 4.85. The van der Waals surface area contributed by atoms with Gasteiger partial charge < -0.3 is 14.8 Å². The van der Waals surface area contributed by atoms with Crippen molar-refractivity contribution >= 4 is 11.4 Å². The zero-order valence-electron chi connectivity index (χ0n) is 3.96. The maximum Gasteiger partial charge on any atom is 0.0814 e. The van der Waals surface area contributed by atoms with Gasteiger partial charge in [0.15, 0.2) is 0 Å². The Hall–Kier alpha value is 0.0300. The van der Waals surface area contributed by atoms with Crippen LogP contribution < -0.4 is 5.73 Å². The van der Waals surface area contributed by atoms with E-state index in [2.05, 4.69) is 0 Å². The van der Waals surface area contributed by atoms with Crippen molar-refractivity contribution < 1.29 is 13.3 Å². The zero-order valence-corrected chi connectivity index (χ0v) is 4.77. The van der Waals surface area contributed by atoms with Crippen LogP contribution in [0.5, 0.6) is 0 Å². The molecule has 0 aliphatic heterocycles. The quantitative estimate of drug-likeness (QED) is 0.420. The SMILES string of the molecule is CCN.O=S([O-])O. The van der Waals surface area contributed by atoms with E-state index in [1.807, 2.05) is 6.92 Å². The molecule has 3 N–H and O–H groups in total. The minimum atomic E-state index is -2.86. The van der Waals surface area contributed by atoms with Crippen LogP contribution in [0.1, 0.15) is 6.92 Å². The Morgan fingerprint density at radius 2 is 2.00 bits per heavy atom. The van der Waals surface area contributed by atoms with Crippen LogP contribution in [-0.2, 0) is 11.4 Å². The highest BCUT2D eigenvalue weighted by atomic mass is 32.2. The van der Waals surface area contributed by atoms with Crippen molar-refractivity contribution in [1.82, 2.24) is 0 Å². The van der Waals surface area contributed by atoms with E-state index in [0.717, 1.165) is 6.54 Å². The zero-order chi connectivity index (χ0) is 6.28. The predicted octanol–water partition coefficient (Wildman–Crippen LogP) is -0.696. The smallest absolute Gasteiger partial charge is 0.0814 e. The van der Waals surface area contributed by atoms with Gasteiger partial charge >= 0.3 is 0 Å². The largest absolute Gasteiger partial charge is 0.750 e. The molecule has 0 aromatic heterocycles. The average Bonchev–Trinajstić information content (AvgIpc) is 1.33. The van der Waals surface area contributed by atoms with Crippen LogP contribution in [0.2, 0.25) is 0 Å². The number of nitrogens with two attached hydrogens (primary N) is 1. The molecule has 0 aliphatic rings. The summed E-state index contributed by atoms with van der Waals surface area (Å²) < 4.78 is 24.1. The van der Waals surface area contributed by atoms with Gasteiger partial charge in [-0.05, 0) is 6.54 Å². The first-order chi connectivity index (χ1) is 3.15. The van der Waals surface area contributed by atoms with Crippen LogP contribution >= 0.6 is 0 Å². The molecule has 4 nitrogen and oxygen atoms in total. The van der Waals surface area contributed by atoms with Crippen molar-refractivity contribution in [2.75, 3.05) is 6.54 Å². The second kappa shape index (κ2) is 9.39. The Morgan fingerprint density at radius 3 is 2.00 bits per heavy atom. The lowest BCUT2D eigenvalue weighted by Crippen LogP contribution is -1.87. The Bertz CT molecular complexity index is 44.2. The molecule has 1 atom stereocenters.